The second-order valence-corrected chi connectivity index (χ2v) is 5.93. The lowest BCUT2D eigenvalue weighted by atomic mass is 9.98. The van der Waals surface area contributed by atoms with Gasteiger partial charge in [-0.05, 0) is 45.2 Å². The van der Waals surface area contributed by atoms with Crippen LogP contribution < -0.4 is 16.0 Å². The molecule has 0 spiro atoms. The standard InChI is InChI=1S/C15H27N5O/c1-4-8-20(10-12-6-5-7-17-9-12)15-13(14(16)21)11(2)18-19(15)3/h12,17H,4-10H2,1-3H3,(H2,16,21). The molecule has 0 radical (unpaired) electrons. The Bertz CT molecular complexity index is 490. The molecule has 1 aliphatic rings. The van der Waals surface area contributed by atoms with Crippen LogP contribution in [0.5, 0.6) is 0 Å². The zero-order valence-electron chi connectivity index (χ0n) is 13.4. The van der Waals surface area contributed by atoms with Gasteiger partial charge in [-0.2, -0.15) is 5.10 Å². The van der Waals surface area contributed by atoms with E-state index in [1.165, 1.54) is 12.8 Å². The first-order chi connectivity index (χ1) is 10.0. The molecular weight excluding hydrogens is 266 g/mol. The van der Waals surface area contributed by atoms with Gasteiger partial charge in [0.2, 0.25) is 0 Å². The van der Waals surface area contributed by atoms with Crippen LogP contribution in [0.15, 0.2) is 0 Å². The summed E-state index contributed by atoms with van der Waals surface area (Å²) < 4.78 is 1.79. The summed E-state index contributed by atoms with van der Waals surface area (Å²) in [4.78, 5) is 14.1. The summed E-state index contributed by atoms with van der Waals surface area (Å²) in [6.45, 7) is 8.01. The zero-order chi connectivity index (χ0) is 15.4. The first-order valence-corrected chi connectivity index (χ1v) is 7.83. The molecule has 1 saturated heterocycles. The van der Waals surface area contributed by atoms with E-state index < -0.39 is 5.91 Å². The molecule has 1 aromatic heterocycles. The molecule has 0 aliphatic carbocycles. The van der Waals surface area contributed by atoms with Gasteiger partial charge in [-0.3, -0.25) is 9.48 Å². The summed E-state index contributed by atoms with van der Waals surface area (Å²) in [5.41, 5.74) is 6.84. The molecular formula is C15H27N5O. The molecule has 1 amide bonds. The molecule has 0 bridgehead atoms. The minimum atomic E-state index is -0.390. The molecule has 1 aliphatic heterocycles. The topological polar surface area (TPSA) is 76.2 Å². The quantitative estimate of drug-likeness (QED) is 0.822. The van der Waals surface area contributed by atoms with Gasteiger partial charge in [0.25, 0.3) is 5.91 Å². The average molecular weight is 293 g/mol. The highest BCUT2D eigenvalue weighted by Gasteiger charge is 2.25. The number of amides is 1. The number of nitrogens with one attached hydrogen (secondary N) is 1. The summed E-state index contributed by atoms with van der Waals surface area (Å²) in [6, 6.07) is 0. The van der Waals surface area contributed by atoms with Crippen molar-refractivity contribution in [3.63, 3.8) is 0 Å². The van der Waals surface area contributed by atoms with Crippen LogP contribution in [-0.4, -0.2) is 41.9 Å². The zero-order valence-corrected chi connectivity index (χ0v) is 13.4. The number of carbonyl (C=O) groups excluding carboxylic acids is 1. The Morgan fingerprint density at radius 1 is 1.57 bits per heavy atom. The summed E-state index contributed by atoms with van der Waals surface area (Å²) in [7, 11) is 1.89. The van der Waals surface area contributed by atoms with Crippen LogP contribution in [0, 0.1) is 12.8 Å². The number of hydrogen-bond donors (Lipinski definition) is 2. The minimum absolute atomic E-state index is 0.390. The highest BCUT2D eigenvalue weighted by Crippen LogP contribution is 2.25. The SMILES string of the molecule is CCCN(CC1CCCNC1)c1c(C(N)=O)c(C)nn1C. The molecule has 21 heavy (non-hydrogen) atoms. The number of rotatable bonds is 6. The van der Waals surface area contributed by atoms with Gasteiger partial charge in [-0.15, -0.1) is 0 Å². The van der Waals surface area contributed by atoms with Crippen LogP contribution in [0.4, 0.5) is 5.82 Å². The second kappa shape index (κ2) is 6.93. The fourth-order valence-electron chi connectivity index (χ4n) is 3.24. The van der Waals surface area contributed by atoms with Crippen molar-refractivity contribution in [3.05, 3.63) is 11.3 Å². The molecule has 6 nitrogen and oxygen atoms in total. The Labute approximate surface area is 126 Å². The Morgan fingerprint density at radius 3 is 2.90 bits per heavy atom. The molecule has 1 unspecified atom stereocenters. The van der Waals surface area contributed by atoms with E-state index in [9.17, 15) is 4.79 Å². The summed E-state index contributed by atoms with van der Waals surface area (Å²) in [6.07, 6.45) is 3.48. The Morgan fingerprint density at radius 2 is 2.33 bits per heavy atom. The van der Waals surface area contributed by atoms with E-state index >= 15 is 0 Å². The number of carbonyl (C=O) groups is 1. The average Bonchev–Trinajstić information content (AvgIpc) is 2.74. The largest absolute Gasteiger partial charge is 0.365 e. The van der Waals surface area contributed by atoms with E-state index in [-0.39, 0.29) is 0 Å². The van der Waals surface area contributed by atoms with Crippen LogP contribution in [-0.2, 0) is 7.05 Å². The fraction of sp³-hybridized carbons (Fsp3) is 0.733. The van der Waals surface area contributed by atoms with Gasteiger partial charge >= 0.3 is 0 Å². The molecule has 2 rings (SSSR count). The van der Waals surface area contributed by atoms with Crippen LogP contribution in [0.1, 0.15) is 42.2 Å². The third-order valence-corrected chi connectivity index (χ3v) is 4.11. The third-order valence-electron chi connectivity index (χ3n) is 4.11. The number of hydrogen-bond acceptors (Lipinski definition) is 4. The molecule has 1 atom stereocenters. The lowest BCUT2D eigenvalue weighted by molar-refractivity contribution is 0.1000. The van der Waals surface area contributed by atoms with E-state index in [0.717, 1.165) is 38.4 Å². The first-order valence-electron chi connectivity index (χ1n) is 7.83. The second-order valence-electron chi connectivity index (χ2n) is 5.93. The van der Waals surface area contributed by atoms with Crippen molar-refractivity contribution in [2.75, 3.05) is 31.1 Å². The number of piperidine rings is 1. The van der Waals surface area contributed by atoms with E-state index in [4.69, 9.17) is 5.73 Å². The normalized spacial score (nSPS) is 18.7. The van der Waals surface area contributed by atoms with Crippen LogP contribution >= 0.6 is 0 Å². The molecule has 1 aromatic rings. The molecule has 1 fully saturated rings. The van der Waals surface area contributed by atoms with Crippen molar-refractivity contribution >= 4 is 11.7 Å². The maximum atomic E-state index is 11.8. The van der Waals surface area contributed by atoms with Crippen molar-refractivity contribution in [1.29, 1.82) is 0 Å². The molecule has 2 heterocycles. The molecule has 6 heteroatoms. The first kappa shape index (κ1) is 15.8. The predicted octanol–water partition coefficient (Wildman–Crippen LogP) is 1.04. The number of nitrogens with zero attached hydrogens (tertiary/aromatic N) is 3. The maximum absolute atomic E-state index is 11.8. The predicted molar refractivity (Wildman–Crippen MR) is 84.6 cm³/mol. The molecule has 0 saturated carbocycles. The highest BCUT2D eigenvalue weighted by molar-refractivity contribution is 5.99. The van der Waals surface area contributed by atoms with Crippen molar-refractivity contribution < 1.29 is 4.79 Å². The van der Waals surface area contributed by atoms with Gasteiger partial charge < -0.3 is 16.0 Å². The fourth-order valence-corrected chi connectivity index (χ4v) is 3.24. The summed E-state index contributed by atoms with van der Waals surface area (Å²) in [5, 5.41) is 7.84. The smallest absolute Gasteiger partial charge is 0.254 e. The van der Waals surface area contributed by atoms with Gasteiger partial charge in [-0.1, -0.05) is 6.92 Å². The number of anilines is 1. The van der Waals surface area contributed by atoms with E-state index in [0.29, 0.717) is 17.2 Å². The third kappa shape index (κ3) is 3.56. The van der Waals surface area contributed by atoms with Crippen molar-refractivity contribution in [1.82, 2.24) is 15.1 Å². The summed E-state index contributed by atoms with van der Waals surface area (Å²) >= 11 is 0. The molecule has 3 N–H and O–H groups in total. The van der Waals surface area contributed by atoms with Crippen molar-refractivity contribution in [2.24, 2.45) is 18.7 Å². The summed E-state index contributed by atoms with van der Waals surface area (Å²) in [5.74, 6) is 1.09. The van der Waals surface area contributed by atoms with Gasteiger partial charge in [0.05, 0.1) is 5.69 Å². The number of aryl methyl sites for hydroxylation is 2. The van der Waals surface area contributed by atoms with E-state index in [1.807, 2.05) is 14.0 Å². The lowest BCUT2D eigenvalue weighted by Gasteiger charge is -2.31. The molecule has 0 aromatic carbocycles. The number of nitrogens with two attached hydrogens (primary N) is 1. The monoisotopic (exact) mass is 293 g/mol. The Kier molecular flexibility index (Phi) is 5.22. The Balaban J connectivity index is 2.26. The van der Waals surface area contributed by atoms with Gasteiger partial charge in [0, 0.05) is 20.1 Å². The van der Waals surface area contributed by atoms with Crippen LogP contribution in [0.3, 0.4) is 0 Å². The van der Waals surface area contributed by atoms with Crippen LogP contribution in [0.2, 0.25) is 0 Å². The van der Waals surface area contributed by atoms with Gasteiger partial charge in [0.15, 0.2) is 0 Å². The lowest BCUT2D eigenvalue weighted by Crippen LogP contribution is -2.40. The van der Waals surface area contributed by atoms with Gasteiger partial charge in [0.1, 0.15) is 11.4 Å². The van der Waals surface area contributed by atoms with Gasteiger partial charge in [-0.25, -0.2) is 0 Å². The highest BCUT2D eigenvalue weighted by atomic mass is 16.1. The van der Waals surface area contributed by atoms with Crippen molar-refractivity contribution in [2.45, 2.75) is 33.1 Å². The Hall–Kier alpha value is -1.56. The number of primary amides is 1. The number of aromatic nitrogens is 2. The maximum Gasteiger partial charge on any atom is 0.254 e. The minimum Gasteiger partial charge on any atom is -0.365 e. The van der Waals surface area contributed by atoms with E-state index in [1.54, 1.807) is 4.68 Å². The molecule has 118 valence electrons. The van der Waals surface area contributed by atoms with Crippen LogP contribution in [0.25, 0.3) is 0 Å². The van der Waals surface area contributed by atoms with E-state index in [2.05, 4.69) is 22.2 Å². The van der Waals surface area contributed by atoms with Crippen molar-refractivity contribution in [3.8, 4) is 0 Å².